The summed E-state index contributed by atoms with van der Waals surface area (Å²) in [6.45, 7) is 0.379. The summed E-state index contributed by atoms with van der Waals surface area (Å²) in [6.07, 6.45) is 0.525. The molecule has 0 N–H and O–H groups in total. The van der Waals surface area contributed by atoms with Crippen LogP contribution in [0.3, 0.4) is 0 Å². The number of halogens is 4. The van der Waals surface area contributed by atoms with Crippen LogP contribution in [-0.2, 0) is 16.7 Å². The van der Waals surface area contributed by atoms with Crippen molar-refractivity contribution in [2.75, 3.05) is 44.7 Å². The van der Waals surface area contributed by atoms with Gasteiger partial charge in [0.25, 0.3) is 0 Å². The summed E-state index contributed by atoms with van der Waals surface area (Å²) in [4.78, 5) is 4.19. The van der Waals surface area contributed by atoms with Gasteiger partial charge in [0, 0.05) is 68.9 Å². The van der Waals surface area contributed by atoms with Gasteiger partial charge in [-0.15, -0.1) is 0 Å². The minimum Gasteiger partial charge on any atom is -0.741 e. The SMILES string of the molecule is CN(C)c1ccc2cc3ccc(N(C)C)cc3[n+](CCCF)c2c1.O=S(=O)([O-])C(F)(F)F. The largest absolute Gasteiger partial charge is 0.741 e. The zero-order valence-corrected chi connectivity index (χ0v) is 19.0. The number of hydrogen-bond acceptors (Lipinski definition) is 5. The van der Waals surface area contributed by atoms with E-state index in [4.69, 9.17) is 13.0 Å². The molecule has 2 aromatic carbocycles. The summed E-state index contributed by atoms with van der Waals surface area (Å²) in [5.74, 6) is 0. The maximum Gasteiger partial charge on any atom is 0.485 e. The first kappa shape index (κ1) is 25.6. The monoisotopic (exact) mass is 475 g/mol. The lowest BCUT2D eigenvalue weighted by atomic mass is 10.1. The van der Waals surface area contributed by atoms with Crippen LogP contribution in [0, 0.1) is 0 Å². The van der Waals surface area contributed by atoms with Crippen molar-refractivity contribution >= 4 is 43.3 Å². The Bertz CT molecular complexity index is 1130. The predicted octanol–water partition coefficient (Wildman–Crippen LogP) is 3.82. The van der Waals surface area contributed by atoms with E-state index >= 15 is 0 Å². The Hall–Kier alpha value is -2.66. The van der Waals surface area contributed by atoms with Gasteiger partial charge in [-0.05, 0) is 30.3 Å². The second kappa shape index (κ2) is 9.86. The molecule has 0 bridgehead atoms. The average Bonchev–Trinajstić information content (AvgIpc) is 2.69. The molecule has 0 aliphatic rings. The van der Waals surface area contributed by atoms with Gasteiger partial charge in [0.1, 0.15) is 0 Å². The van der Waals surface area contributed by atoms with E-state index in [1.54, 1.807) is 0 Å². The Morgan fingerprint density at radius 2 is 1.28 bits per heavy atom. The Morgan fingerprint density at radius 3 is 1.59 bits per heavy atom. The second-order valence-electron chi connectivity index (χ2n) is 7.51. The van der Waals surface area contributed by atoms with Gasteiger partial charge in [0.15, 0.2) is 16.7 Å². The number of fused-ring (bicyclic) bond motifs is 2. The van der Waals surface area contributed by atoms with Crippen LogP contribution >= 0.6 is 0 Å². The number of rotatable bonds is 5. The third-order valence-corrected chi connectivity index (χ3v) is 5.32. The molecule has 0 aliphatic carbocycles. The maximum absolute atomic E-state index is 12.9. The van der Waals surface area contributed by atoms with Crippen molar-refractivity contribution in [2.45, 2.75) is 18.5 Å². The standard InChI is InChI=1S/C20H25FN3.CHF3O3S/c1-22(2)17-8-6-15-12-16-7-9-18(23(3)4)14-20(16)24(11-5-10-21)19(15)13-17;2-1(3,4)8(5,6)7/h6-9,12-14H,5,10-11H2,1-4H3;(H,5,6,7)/q+1;/p-1. The molecule has 0 saturated heterocycles. The maximum atomic E-state index is 12.9. The molecule has 0 aliphatic heterocycles. The summed E-state index contributed by atoms with van der Waals surface area (Å²) in [6, 6.07) is 15.1. The highest BCUT2D eigenvalue weighted by Gasteiger charge is 2.36. The zero-order chi connectivity index (χ0) is 24.3. The number of hydrogen-bond donors (Lipinski definition) is 0. The van der Waals surface area contributed by atoms with E-state index in [0.29, 0.717) is 13.0 Å². The molecular weight excluding hydrogens is 450 g/mol. The average molecular weight is 476 g/mol. The number of alkyl halides is 4. The van der Waals surface area contributed by atoms with Gasteiger partial charge in [-0.2, -0.15) is 17.7 Å². The minimum absolute atomic E-state index is 0.300. The normalized spacial score (nSPS) is 11.9. The number of anilines is 2. The molecule has 1 aromatic heterocycles. The molecule has 3 aromatic rings. The molecule has 0 radical (unpaired) electrons. The van der Waals surface area contributed by atoms with Crippen molar-refractivity contribution in [1.29, 1.82) is 0 Å². The molecule has 11 heteroatoms. The second-order valence-corrected chi connectivity index (χ2v) is 8.88. The fraction of sp³-hybridized carbons (Fsp3) is 0.381. The lowest BCUT2D eigenvalue weighted by molar-refractivity contribution is -0.645. The molecule has 1 heterocycles. The summed E-state index contributed by atoms with van der Waals surface area (Å²) < 4.78 is 74.0. The van der Waals surface area contributed by atoms with Crippen LogP contribution in [0.1, 0.15) is 6.42 Å². The van der Waals surface area contributed by atoms with Crippen molar-refractivity contribution in [2.24, 2.45) is 0 Å². The van der Waals surface area contributed by atoms with Crippen molar-refractivity contribution < 1.29 is 35.1 Å². The molecule has 6 nitrogen and oxygen atoms in total. The van der Waals surface area contributed by atoms with E-state index < -0.39 is 15.6 Å². The number of benzene rings is 2. The summed E-state index contributed by atoms with van der Waals surface area (Å²) in [7, 11) is 2.07. The van der Waals surface area contributed by atoms with E-state index in [1.165, 1.54) is 10.8 Å². The highest BCUT2D eigenvalue weighted by molar-refractivity contribution is 7.86. The molecule has 32 heavy (non-hydrogen) atoms. The van der Waals surface area contributed by atoms with Crippen LogP contribution in [0.25, 0.3) is 21.8 Å². The first-order valence-corrected chi connectivity index (χ1v) is 11.0. The summed E-state index contributed by atoms with van der Waals surface area (Å²) >= 11 is 0. The molecule has 0 saturated carbocycles. The number of aryl methyl sites for hydroxylation is 1. The topological polar surface area (TPSA) is 67.6 Å². The number of pyridine rings is 1. The quantitative estimate of drug-likeness (QED) is 0.185. The molecule has 3 rings (SSSR count). The fourth-order valence-corrected chi connectivity index (χ4v) is 3.09. The smallest absolute Gasteiger partial charge is 0.485 e. The molecular formula is C21H25F4N3O3S. The molecule has 176 valence electrons. The van der Waals surface area contributed by atoms with Crippen molar-refractivity contribution in [3.8, 4) is 0 Å². The van der Waals surface area contributed by atoms with E-state index in [9.17, 15) is 17.6 Å². The molecule has 0 unspecified atom stereocenters. The number of aromatic nitrogens is 1. The summed E-state index contributed by atoms with van der Waals surface area (Å²) in [5.41, 5.74) is -1.04. The van der Waals surface area contributed by atoms with Gasteiger partial charge in [-0.1, -0.05) is 0 Å². The predicted molar refractivity (Wildman–Crippen MR) is 117 cm³/mol. The first-order valence-electron chi connectivity index (χ1n) is 9.59. The van der Waals surface area contributed by atoms with Crippen LogP contribution in [0.15, 0.2) is 42.5 Å². The highest BCUT2D eigenvalue weighted by Crippen LogP contribution is 2.25. The fourth-order valence-electron chi connectivity index (χ4n) is 3.09. The first-order chi connectivity index (χ1) is 14.8. The van der Waals surface area contributed by atoms with E-state index in [-0.39, 0.29) is 6.67 Å². The summed E-state index contributed by atoms with van der Waals surface area (Å²) in [5, 5.41) is 2.37. The molecule has 0 fully saturated rings. The lowest BCUT2D eigenvalue weighted by Gasteiger charge is -2.15. The van der Waals surface area contributed by atoms with Gasteiger partial charge in [-0.25, -0.2) is 8.42 Å². The van der Waals surface area contributed by atoms with Gasteiger partial charge >= 0.3 is 5.51 Å². The zero-order valence-electron chi connectivity index (χ0n) is 18.1. The minimum atomic E-state index is -6.09. The van der Waals surface area contributed by atoms with Crippen molar-refractivity contribution in [1.82, 2.24) is 0 Å². The highest BCUT2D eigenvalue weighted by atomic mass is 32.2. The third kappa shape index (κ3) is 5.98. The van der Waals surface area contributed by atoms with Crippen molar-refractivity contribution in [3.05, 3.63) is 42.5 Å². The Labute approximate surface area is 184 Å². The number of nitrogens with zero attached hydrogens (tertiary/aromatic N) is 3. The Morgan fingerprint density at radius 1 is 0.875 bits per heavy atom. The van der Waals surface area contributed by atoms with Crippen LogP contribution in [-0.4, -0.2) is 53.3 Å². The van der Waals surface area contributed by atoms with Crippen LogP contribution < -0.4 is 14.4 Å². The van der Waals surface area contributed by atoms with Crippen LogP contribution in [0.4, 0.5) is 28.9 Å². The lowest BCUT2D eigenvalue weighted by Crippen LogP contribution is -2.36. The van der Waals surface area contributed by atoms with E-state index in [1.807, 2.05) is 28.2 Å². The Kier molecular flexibility index (Phi) is 7.89. The van der Waals surface area contributed by atoms with E-state index in [2.05, 4.69) is 56.8 Å². The van der Waals surface area contributed by atoms with Gasteiger partial charge in [0.05, 0.1) is 6.67 Å². The molecule has 0 atom stereocenters. The van der Waals surface area contributed by atoms with Gasteiger partial charge in [0.2, 0.25) is 11.0 Å². The van der Waals surface area contributed by atoms with Crippen molar-refractivity contribution in [3.63, 3.8) is 0 Å². The molecule has 0 amide bonds. The Balaban J connectivity index is 0.000000390. The van der Waals surface area contributed by atoms with E-state index in [0.717, 1.165) is 22.4 Å². The van der Waals surface area contributed by atoms with Crippen LogP contribution in [0.2, 0.25) is 0 Å². The van der Waals surface area contributed by atoms with Crippen LogP contribution in [0.5, 0.6) is 0 Å². The van der Waals surface area contributed by atoms with Gasteiger partial charge < -0.3 is 14.4 Å². The van der Waals surface area contributed by atoms with Gasteiger partial charge in [-0.3, -0.25) is 4.39 Å². The molecule has 0 spiro atoms. The third-order valence-electron chi connectivity index (χ3n) is 4.75.